The number of nitrogens with one attached hydrogen (secondary N) is 2. The molecule has 2 bridgehead atoms. The molecule has 2 saturated heterocycles. The maximum atomic E-state index is 12.6. The summed E-state index contributed by atoms with van der Waals surface area (Å²) in [5.41, 5.74) is -0.0622. The van der Waals surface area contributed by atoms with Crippen molar-refractivity contribution in [2.45, 2.75) is 48.7 Å². The lowest BCUT2D eigenvalue weighted by molar-refractivity contribution is 0.345. The summed E-state index contributed by atoms with van der Waals surface area (Å²) in [5.74, 6) is 0. The van der Waals surface area contributed by atoms with Crippen LogP contribution in [-0.4, -0.2) is 26.5 Å². The van der Waals surface area contributed by atoms with E-state index in [0.29, 0.717) is 23.1 Å². The molecule has 2 aromatic rings. The van der Waals surface area contributed by atoms with Crippen LogP contribution in [0.3, 0.4) is 0 Å². The second-order valence-corrected chi connectivity index (χ2v) is 8.10. The molecule has 0 aliphatic carbocycles. The Morgan fingerprint density at radius 2 is 1.79 bits per heavy atom. The predicted molar refractivity (Wildman–Crippen MR) is 93.0 cm³/mol. The lowest BCUT2D eigenvalue weighted by Crippen LogP contribution is -2.47. The molecule has 130 valence electrons. The fourth-order valence-electron chi connectivity index (χ4n) is 3.66. The van der Waals surface area contributed by atoms with Gasteiger partial charge in [-0.2, -0.15) is 0 Å². The number of piperidine rings is 1. The quantitative estimate of drug-likeness (QED) is 0.804. The minimum Gasteiger partial charge on any atom is -0.423 e. The summed E-state index contributed by atoms with van der Waals surface area (Å²) < 4.78 is 33.1. The highest BCUT2D eigenvalue weighted by Gasteiger charge is 2.35. The first-order valence-electron chi connectivity index (χ1n) is 7.82. The average Bonchev–Trinajstić information content (AvgIpc) is 2.85. The van der Waals surface area contributed by atoms with Gasteiger partial charge >= 0.3 is 5.63 Å². The molecular formula is C16H19ClN2O4S. The van der Waals surface area contributed by atoms with Crippen LogP contribution in [0.15, 0.2) is 44.4 Å². The Labute approximate surface area is 146 Å². The third-order valence-corrected chi connectivity index (χ3v) is 6.21. The molecule has 2 atom stereocenters. The number of hydrogen-bond acceptors (Lipinski definition) is 5. The first kappa shape index (κ1) is 17.4. The van der Waals surface area contributed by atoms with E-state index in [-0.39, 0.29) is 23.3 Å². The fraction of sp³-hybridized carbons (Fsp3) is 0.438. The molecule has 0 radical (unpaired) electrons. The highest BCUT2D eigenvalue weighted by Crippen LogP contribution is 2.28. The SMILES string of the molecule is Cl.O=c1ccc2cc(S(=O)(=O)NC3CC4CCC(C3)N4)ccc2o1. The van der Waals surface area contributed by atoms with Crippen LogP contribution in [0.5, 0.6) is 0 Å². The molecule has 8 heteroatoms. The van der Waals surface area contributed by atoms with Gasteiger partial charge in [-0.25, -0.2) is 17.9 Å². The Hall–Kier alpha value is -1.41. The summed E-state index contributed by atoms with van der Waals surface area (Å²) in [7, 11) is -3.58. The number of sulfonamides is 1. The summed E-state index contributed by atoms with van der Waals surface area (Å²) in [4.78, 5) is 11.4. The Bertz CT molecular complexity index is 900. The van der Waals surface area contributed by atoms with E-state index in [9.17, 15) is 13.2 Å². The van der Waals surface area contributed by atoms with Crippen molar-refractivity contribution in [2.75, 3.05) is 0 Å². The van der Waals surface area contributed by atoms with Crippen molar-refractivity contribution in [3.63, 3.8) is 0 Å². The van der Waals surface area contributed by atoms with Gasteiger partial charge < -0.3 is 9.73 Å². The zero-order valence-corrected chi connectivity index (χ0v) is 14.5. The van der Waals surface area contributed by atoms with Crippen LogP contribution in [0.4, 0.5) is 0 Å². The molecule has 1 aromatic carbocycles. The van der Waals surface area contributed by atoms with E-state index in [1.807, 2.05) is 0 Å². The molecule has 4 rings (SSSR count). The largest absolute Gasteiger partial charge is 0.423 e. The Balaban J connectivity index is 0.00000169. The van der Waals surface area contributed by atoms with Gasteiger partial charge in [0, 0.05) is 29.6 Å². The van der Waals surface area contributed by atoms with Crippen molar-refractivity contribution in [1.82, 2.24) is 10.0 Å². The van der Waals surface area contributed by atoms with E-state index in [4.69, 9.17) is 4.42 Å². The van der Waals surface area contributed by atoms with E-state index < -0.39 is 15.6 Å². The molecule has 1 aromatic heterocycles. The molecule has 2 aliphatic rings. The Morgan fingerprint density at radius 1 is 1.08 bits per heavy atom. The summed E-state index contributed by atoms with van der Waals surface area (Å²) in [5, 5.41) is 4.09. The van der Waals surface area contributed by atoms with Gasteiger partial charge in [0.05, 0.1) is 4.90 Å². The lowest BCUT2D eigenvalue weighted by atomic mass is 10.0. The van der Waals surface area contributed by atoms with Gasteiger partial charge in [-0.05, 0) is 49.9 Å². The third-order valence-electron chi connectivity index (χ3n) is 4.70. The summed E-state index contributed by atoms with van der Waals surface area (Å²) in [6.07, 6.45) is 3.91. The Kier molecular flexibility index (Phi) is 4.70. The van der Waals surface area contributed by atoms with Crippen LogP contribution in [0.25, 0.3) is 11.0 Å². The third kappa shape index (κ3) is 3.35. The van der Waals surface area contributed by atoms with Crippen molar-refractivity contribution in [1.29, 1.82) is 0 Å². The molecule has 0 amide bonds. The topological polar surface area (TPSA) is 88.4 Å². The molecule has 0 spiro atoms. The number of rotatable bonds is 3. The van der Waals surface area contributed by atoms with Gasteiger partial charge in [-0.3, -0.25) is 0 Å². The van der Waals surface area contributed by atoms with Gasteiger partial charge in [-0.15, -0.1) is 12.4 Å². The normalized spacial score (nSPS) is 26.2. The van der Waals surface area contributed by atoms with Gasteiger partial charge in [0.1, 0.15) is 5.58 Å². The van der Waals surface area contributed by atoms with Gasteiger partial charge in [-0.1, -0.05) is 0 Å². The number of halogens is 1. The van der Waals surface area contributed by atoms with Crippen LogP contribution in [0.1, 0.15) is 25.7 Å². The molecule has 2 aliphatic heterocycles. The second kappa shape index (κ2) is 6.48. The molecular weight excluding hydrogens is 352 g/mol. The van der Waals surface area contributed by atoms with Crippen LogP contribution in [0, 0.1) is 0 Å². The van der Waals surface area contributed by atoms with Crippen LogP contribution in [0.2, 0.25) is 0 Å². The Morgan fingerprint density at radius 3 is 2.50 bits per heavy atom. The van der Waals surface area contributed by atoms with Gasteiger partial charge in [0.15, 0.2) is 0 Å². The molecule has 2 unspecified atom stereocenters. The van der Waals surface area contributed by atoms with E-state index in [1.165, 1.54) is 24.3 Å². The zero-order valence-electron chi connectivity index (χ0n) is 12.9. The van der Waals surface area contributed by atoms with Crippen molar-refractivity contribution in [2.24, 2.45) is 0 Å². The van der Waals surface area contributed by atoms with Gasteiger partial charge in [0.25, 0.3) is 0 Å². The zero-order chi connectivity index (χ0) is 16.0. The van der Waals surface area contributed by atoms with E-state index in [2.05, 4.69) is 10.0 Å². The van der Waals surface area contributed by atoms with Crippen molar-refractivity contribution in [3.8, 4) is 0 Å². The van der Waals surface area contributed by atoms with Crippen molar-refractivity contribution in [3.05, 3.63) is 40.8 Å². The lowest BCUT2D eigenvalue weighted by Gasteiger charge is -2.29. The molecule has 2 fully saturated rings. The minimum atomic E-state index is -3.58. The smallest absolute Gasteiger partial charge is 0.336 e. The standard InChI is InChI=1S/C16H18N2O4S.ClH/c19-16-6-1-10-7-14(4-5-15(10)22-16)23(20,21)18-13-8-11-2-3-12(9-13)17-11;/h1,4-7,11-13,17-18H,2-3,8-9H2;1H. The molecule has 24 heavy (non-hydrogen) atoms. The number of fused-ring (bicyclic) bond motifs is 3. The second-order valence-electron chi connectivity index (χ2n) is 6.38. The number of hydrogen-bond donors (Lipinski definition) is 2. The van der Waals surface area contributed by atoms with E-state index in [0.717, 1.165) is 25.7 Å². The number of benzene rings is 1. The minimum absolute atomic E-state index is 0. The van der Waals surface area contributed by atoms with Crippen LogP contribution < -0.4 is 15.7 Å². The average molecular weight is 371 g/mol. The highest BCUT2D eigenvalue weighted by molar-refractivity contribution is 7.89. The fourth-order valence-corrected chi connectivity index (χ4v) is 4.95. The molecule has 3 heterocycles. The summed E-state index contributed by atoms with van der Waals surface area (Å²) in [6.45, 7) is 0. The van der Waals surface area contributed by atoms with Gasteiger partial charge in [0.2, 0.25) is 10.0 Å². The summed E-state index contributed by atoms with van der Waals surface area (Å²) >= 11 is 0. The molecule has 2 N–H and O–H groups in total. The van der Waals surface area contributed by atoms with Crippen LogP contribution in [-0.2, 0) is 10.0 Å². The molecule has 6 nitrogen and oxygen atoms in total. The van der Waals surface area contributed by atoms with Crippen molar-refractivity contribution < 1.29 is 12.8 Å². The highest BCUT2D eigenvalue weighted by atomic mass is 35.5. The predicted octanol–water partition coefficient (Wildman–Crippen LogP) is 1.78. The summed E-state index contributed by atoms with van der Waals surface area (Å²) in [6, 6.07) is 8.22. The maximum absolute atomic E-state index is 12.6. The molecule has 0 saturated carbocycles. The maximum Gasteiger partial charge on any atom is 0.336 e. The first-order chi connectivity index (χ1) is 11.0. The van der Waals surface area contributed by atoms with E-state index >= 15 is 0 Å². The van der Waals surface area contributed by atoms with Crippen LogP contribution >= 0.6 is 12.4 Å². The van der Waals surface area contributed by atoms with E-state index in [1.54, 1.807) is 6.07 Å². The van der Waals surface area contributed by atoms with Crippen molar-refractivity contribution >= 4 is 33.4 Å². The first-order valence-corrected chi connectivity index (χ1v) is 9.30. The monoisotopic (exact) mass is 370 g/mol.